The molecule has 0 bridgehead atoms. The minimum absolute atomic E-state index is 0.0677. The van der Waals surface area contributed by atoms with Crippen molar-refractivity contribution in [3.05, 3.63) is 65.7 Å². The Morgan fingerprint density at radius 1 is 0.929 bits per heavy atom. The van der Waals surface area contributed by atoms with E-state index in [0.717, 1.165) is 16.3 Å². The molecule has 0 saturated heterocycles. The minimum Gasteiger partial charge on any atom is -0.493 e. The van der Waals surface area contributed by atoms with Crippen molar-refractivity contribution in [3.8, 4) is 11.5 Å². The summed E-state index contributed by atoms with van der Waals surface area (Å²) in [6, 6.07) is 16.2. The Balaban J connectivity index is 1.74. The van der Waals surface area contributed by atoms with E-state index >= 15 is 0 Å². The second-order valence-corrected chi connectivity index (χ2v) is 6.29. The first-order chi connectivity index (χ1) is 13.5. The number of aromatic carboxylic acids is 1. The van der Waals surface area contributed by atoms with Gasteiger partial charge in [-0.25, -0.2) is 4.79 Å². The van der Waals surface area contributed by atoms with Crippen LogP contribution in [0, 0.1) is 0 Å². The highest BCUT2D eigenvalue weighted by atomic mass is 16.5. The van der Waals surface area contributed by atoms with Gasteiger partial charge in [-0.15, -0.1) is 0 Å². The largest absolute Gasteiger partial charge is 0.493 e. The van der Waals surface area contributed by atoms with Crippen molar-refractivity contribution in [2.24, 2.45) is 0 Å². The van der Waals surface area contributed by atoms with E-state index in [1.54, 1.807) is 32.4 Å². The highest BCUT2D eigenvalue weighted by Gasteiger charge is 2.14. The fourth-order valence-electron chi connectivity index (χ4n) is 3.03. The molecule has 3 aromatic rings. The van der Waals surface area contributed by atoms with Crippen LogP contribution in [0.15, 0.2) is 54.6 Å². The van der Waals surface area contributed by atoms with E-state index in [2.05, 4.69) is 5.32 Å². The summed E-state index contributed by atoms with van der Waals surface area (Å²) in [7, 11) is 3.12. The Labute approximate surface area is 162 Å². The fraction of sp³-hybridized carbons (Fsp3) is 0.182. The molecule has 0 aliphatic heterocycles. The Morgan fingerprint density at radius 3 is 2.25 bits per heavy atom. The van der Waals surface area contributed by atoms with Crippen LogP contribution in [0.2, 0.25) is 0 Å². The molecule has 0 fully saturated rings. The van der Waals surface area contributed by atoms with Gasteiger partial charge in [-0.3, -0.25) is 4.79 Å². The summed E-state index contributed by atoms with van der Waals surface area (Å²) in [6.45, 7) is 0. The number of ether oxygens (including phenoxy) is 2. The molecule has 0 aliphatic rings. The average molecular weight is 379 g/mol. The fourth-order valence-corrected chi connectivity index (χ4v) is 3.03. The van der Waals surface area contributed by atoms with Gasteiger partial charge < -0.3 is 19.9 Å². The van der Waals surface area contributed by atoms with Crippen molar-refractivity contribution in [2.45, 2.75) is 12.8 Å². The Hall–Kier alpha value is -3.54. The third-order valence-corrected chi connectivity index (χ3v) is 4.48. The van der Waals surface area contributed by atoms with Crippen LogP contribution in [0.3, 0.4) is 0 Å². The van der Waals surface area contributed by atoms with E-state index in [4.69, 9.17) is 9.47 Å². The predicted molar refractivity (Wildman–Crippen MR) is 107 cm³/mol. The molecule has 6 heteroatoms. The van der Waals surface area contributed by atoms with Crippen molar-refractivity contribution in [3.63, 3.8) is 0 Å². The number of carboxylic acid groups (broad SMARTS) is 1. The van der Waals surface area contributed by atoms with Crippen LogP contribution in [0.4, 0.5) is 5.69 Å². The predicted octanol–water partition coefficient (Wildman–Crippen LogP) is 4.13. The topological polar surface area (TPSA) is 84.9 Å². The second kappa shape index (κ2) is 8.43. The maximum absolute atomic E-state index is 12.4. The van der Waals surface area contributed by atoms with E-state index in [-0.39, 0.29) is 17.9 Å². The van der Waals surface area contributed by atoms with Crippen LogP contribution in [0.5, 0.6) is 11.5 Å². The first kappa shape index (κ1) is 19.2. The number of aryl methyl sites for hydroxylation is 1. The molecule has 0 unspecified atom stereocenters. The summed E-state index contributed by atoms with van der Waals surface area (Å²) >= 11 is 0. The number of carboxylic acids is 1. The van der Waals surface area contributed by atoms with Crippen molar-refractivity contribution in [2.75, 3.05) is 19.5 Å². The highest BCUT2D eigenvalue weighted by molar-refractivity contribution is 6.05. The minimum atomic E-state index is -1.08. The van der Waals surface area contributed by atoms with E-state index in [1.165, 1.54) is 0 Å². The average Bonchev–Trinajstić information content (AvgIpc) is 2.71. The molecule has 0 spiro atoms. The SMILES string of the molecule is COc1ccc(CCC(=O)Nc2cc3ccccc3cc2C(=O)O)cc1OC. The number of carbonyl (C=O) groups is 2. The molecule has 3 aromatic carbocycles. The van der Waals surface area contributed by atoms with Crippen LogP contribution in [-0.2, 0) is 11.2 Å². The zero-order chi connectivity index (χ0) is 20.1. The van der Waals surface area contributed by atoms with Gasteiger partial charge in [-0.1, -0.05) is 30.3 Å². The van der Waals surface area contributed by atoms with E-state index < -0.39 is 5.97 Å². The van der Waals surface area contributed by atoms with Gasteiger partial charge in [-0.2, -0.15) is 0 Å². The molecule has 0 atom stereocenters. The number of carbonyl (C=O) groups excluding carboxylic acids is 1. The monoisotopic (exact) mass is 379 g/mol. The maximum atomic E-state index is 12.4. The van der Waals surface area contributed by atoms with Gasteiger partial charge >= 0.3 is 5.97 Å². The molecular weight excluding hydrogens is 358 g/mol. The summed E-state index contributed by atoms with van der Waals surface area (Å²) in [5.41, 5.74) is 1.28. The van der Waals surface area contributed by atoms with E-state index in [1.807, 2.05) is 36.4 Å². The molecule has 0 aromatic heterocycles. The lowest BCUT2D eigenvalue weighted by Gasteiger charge is -2.11. The summed E-state index contributed by atoms with van der Waals surface area (Å²) in [4.78, 5) is 24.0. The summed E-state index contributed by atoms with van der Waals surface area (Å²) in [5, 5.41) is 13.9. The number of methoxy groups -OCH3 is 2. The van der Waals surface area contributed by atoms with Crippen LogP contribution in [0.1, 0.15) is 22.3 Å². The standard InChI is InChI=1S/C22H21NO5/c1-27-19-9-7-14(11-20(19)28-2)8-10-21(24)23-18-13-16-6-4-3-5-15(16)12-17(18)22(25)26/h3-7,9,11-13H,8,10H2,1-2H3,(H,23,24)(H,25,26). The second-order valence-electron chi connectivity index (χ2n) is 6.29. The van der Waals surface area contributed by atoms with Gasteiger partial charge in [0.1, 0.15) is 0 Å². The van der Waals surface area contributed by atoms with E-state index in [0.29, 0.717) is 23.6 Å². The van der Waals surface area contributed by atoms with Crippen molar-refractivity contribution >= 4 is 28.3 Å². The molecule has 0 heterocycles. The van der Waals surface area contributed by atoms with Crippen molar-refractivity contribution in [1.82, 2.24) is 0 Å². The maximum Gasteiger partial charge on any atom is 0.337 e. The van der Waals surface area contributed by atoms with Gasteiger partial charge in [-0.05, 0) is 47.0 Å². The molecule has 3 rings (SSSR count). The summed E-state index contributed by atoms with van der Waals surface area (Å²) in [6.07, 6.45) is 0.698. The lowest BCUT2D eigenvalue weighted by atomic mass is 10.0. The molecule has 6 nitrogen and oxygen atoms in total. The van der Waals surface area contributed by atoms with E-state index in [9.17, 15) is 14.7 Å². The molecule has 0 aliphatic carbocycles. The van der Waals surface area contributed by atoms with Crippen molar-refractivity contribution in [1.29, 1.82) is 0 Å². The number of hydrogen-bond donors (Lipinski definition) is 2. The lowest BCUT2D eigenvalue weighted by Crippen LogP contribution is -2.15. The number of rotatable bonds is 7. The molecule has 0 saturated carbocycles. The van der Waals surface area contributed by atoms with Gasteiger partial charge in [0.15, 0.2) is 11.5 Å². The Kier molecular flexibility index (Phi) is 5.79. The highest BCUT2D eigenvalue weighted by Crippen LogP contribution is 2.28. The number of nitrogens with one attached hydrogen (secondary N) is 1. The molecule has 144 valence electrons. The zero-order valence-electron chi connectivity index (χ0n) is 15.7. The normalized spacial score (nSPS) is 10.5. The summed E-state index contributed by atoms with van der Waals surface area (Å²) < 4.78 is 10.5. The number of benzene rings is 3. The number of hydrogen-bond acceptors (Lipinski definition) is 4. The van der Waals surface area contributed by atoms with Gasteiger partial charge in [0.2, 0.25) is 5.91 Å². The Morgan fingerprint density at radius 2 is 1.61 bits per heavy atom. The van der Waals surface area contributed by atoms with Crippen LogP contribution in [0.25, 0.3) is 10.8 Å². The third kappa shape index (κ3) is 4.23. The molecule has 1 amide bonds. The van der Waals surface area contributed by atoms with Crippen LogP contribution >= 0.6 is 0 Å². The quantitative estimate of drug-likeness (QED) is 0.645. The van der Waals surface area contributed by atoms with Gasteiger partial charge in [0.05, 0.1) is 25.5 Å². The Bertz CT molecular complexity index is 1030. The first-order valence-electron chi connectivity index (χ1n) is 8.78. The number of amides is 1. The van der Waals surface area contributed by atoms with Crippen LogP contribution in [-0.4, -0.2) is 31.2 Å². The zero-order valence-corrected chi connectivity index (χ0v) is 15.7. The summed E-state index contributed by atoms with van der Waals surface area (Å²) in [5.74, 6) is -0.116. The first-order valence-corrected chi connectivity index (χ1v) is 8.78. The van der Waals surface area contributed by atoms with Crippen molar-refractivity contribution < 1.29 is 24.2 Å². The van der Waals surface area contributed by atoms with Gasteiger partial charge in [0.25, 0.3) is 0 Å². The smallest absolute Gasteiger partial charge is 0.337 e. The van der Waals surface area contributed by atoms with Gasteiger partial charge in [0, 0.05) is 6.42 Å². The van der Waals surface area contributed by atoms with Crippen LogP contribution < -0.4 is 14.8 Å². The molecule has 2 N–H and O–H groups in total. The third-order valence-electron chi connectivity index (χ3n) is 4.48. The molecular formula is C22H21NO5. The lowest BCUT2D eigenvalue weighted by molar-refractivity contribution is -0.116. The number of anilines is 1. The molecule has 0 radical (unpaired) electrons. The molecule has 28 heavy (non-hydrogen) atoms. The number of fused-ring (bicyclic) bond motifs is 1.